The molecule has 2 rings (SSSR count). The number of halogens is 1. The number of rotatable bonds is 6. The van der Waals surface area contributed by atoms with Gasteiger partial charge in [-0.2, -0.15) is 0 Å². The molecule has 3 nitrogen and oxygen atoms in total. The van der Waals surface area contributed by atoms with Crippen LogP contribution in [0.5, 0.6) is 0 Å². The SMILES string of the molecule is CNC(=O)Cc1nc(CSC(C)c2ccc(F)cc2)cs1. The summed E-state index contributed by atoms with van der Waals surface area (Å²) in [6, 6.07) is 6.59. The molecule has 0 radical (unpaired) electrons. The van der Waals surface area contributed by atoms with Crippen molar-refractivity contribution in [1.29, 1.82) is 0 Å². The average Bonchev–Trinajstić information content (AvgIpc) is 2.93. The van der Waals surface area contributed by atoms with Crippen molar-refractivity contribution >= 4 is 29.0 Å². The summed E-state index contributed by atoms with van der Waals surface area (Å²) in [5, 5.41) is 5.69. The van der Waals surface area contributed by atoms with E-state index in [0.717, 1.165) is 22.0 Å². The number of nitrogens with zero attached hydrogens (tertiary/aromatic N) is 1. The first kappa shape index (κ1) is 16.0. The van der Waals surface area contributed by atoms with Crippen LogP contribution in [0.1, 0.15) is 28.4 Å². The van der Waals surface area contributed by atoms with Gasteiger partial charge in [-0.15, -0.1) is 23.1 Å². The number of aromatic nitrogens is 1. The number of thioether (sulfide) groups is 1. The molecule has 112 valence electrons. The highest BCUT2D eigenvalue weighted by Gasteiger charge is 2.10. The molecule has 1 aromatic heterocycles. The third-order valence-corrected chi connectivity index (χ3v) is 5.14. The molecule has 1 heterocycles. The monoisotopic (exact) mass is 324 g/mol. The minimum Gasteiger partial charge on any atom is -0.359 e. The van der Waals surface area contributed by atoms with Gasteiger partial charge in [-0.1, -0.05) is 12.1 Å². The Labute approximate surface area is 132 Å². The van der Waals surface area contributed by atoms with Crippen LogP contribution in [0.25, 0.3) is 0 Å². The highest BCUT2D eigenvalue weighted by atomic mass is 32.2. The van der Waals surface area contributed by atoms with E-state index in [1.807, 2.05) is 17.5 Å². The predicted molar refractivity (Wildman–Crippen MR) is 86.0 cm³/mol. The maximum atomic E-state index is 12.9. The first-order valence-corrected chi connectivity index (χ1v) is 8.52. The number of benzene rings is 1. The summed E-state index contributed by atoms with van der Waals surface area (Å²) in [7, 11) is 1.62. The number of nitrogens with one attached hydrogen (secondary N) is 1. The molecule has 0 fully saturated rings. The van der Waals surface area contributed by atoms with Crippen molar-refractivity contribution in [3.63, 3.8) is 0 Å². The number of thiazole rings is 1. The van der Waals surface area contributed by atoms with Gasteiger partial charge in [0.2, 0.25) is 5.91 Å². The van der Waals surface area contributed by atoms with Gasteiger partial charge in [0.1, 0.15) is 10.8 Å². The van der Waals surface area contributed by atoms with E-state index in [4.69, 9.17) is 0 Å². The summed E-state index contributed by atoms with van der Waals surface area (Å²) in [5.74, 6) is 0.542. The molecule has 0 spiro atoms. The van der Waals surface area contributed by atoms with Crippen molar-refractivity contribution in [2.75, 3.05) is 7.05 Å². The standard InChI is InChI=1S/C15H17FN2OS2/c1-10(11-3-5-12(16)6-4-11)20-8-13-9-21-15(18-13)7-14(19)17-2/h3-6,9-10H,7-8H2,1-2H3,(H,17,19). The second-order valence-corrected chi connectivity index (χ2v) is 6.86. The van der Waals surface area contributed by atoms with Crippen LogP contribution in [-0.2, 0) is 17.0 Å². The smallest absolute Gasteiger partial charge is 0.226 e. The molecule has 2 aromatic rings. The van der Waals surface area contributed by atoms with Gasteiger partial charge in [0.15, 0.2) is 0 Å². The van der Waals surface area contributed by atoms with Crippen LogP contribution in [0.3, 0.4) is 0 Å². The van der Waals surface area contributed by atoms with Crippen LogP contribution in [-0.4, -0.2) is 17.9 Å². The summed E-state index contributed by atoms with van der Waals surface area (Å²) < 4.78 is 12.9. The average molecular weight is 324 g/mol. The van der Waals surface area contributed by atoms with Gasteiger partial charge in [-0.3, -0.25) is 4.79 Å². The Morgan fingerprint density at radius 3 is 2.81 bits per heavy atom. The molecular formula is C15H17FN2OS2. The zero-order valence-electron chi connectivity index (χ0n) is 11.9. The molecule has 6 heteroatoms. The van der Waals surface area contributed by atoms with E-state index < -0.39 is 0 Å². The Bertz CT molecular complexity index is 598. The van der Waals surface area contributed by atoms with E-state index in [9.17, 15) is 9.18 Å². The minimum atomic E-state index is -0.214. The molecule has 0 saturated heterocycles. The fourth-order valence-corrected chi connectivity index (χ4v) is 3.58. The van der Waals surface area contributed by atoms with E-state index in [1.165, 1.54) is 23.5 Å². The first-order valence-electron chi connectivity index (χ1n) is 6.59. The summed E-state index contributed by atoms with van der Waals surface area (Å²) in [6.07, 6.45) is 0.333. The lowest BCUT2D eigenvalue weighted by Gasteiger charge is -2.10. The van der Waals surface area contributed by atoms with Crippen LogP contribution in [0.2, 0.25) is 0 Å². The lowest BCUT2D eigenvalue weighted by molar-refractivity contribution is -0.119. The van der Waals surface area contributed by atoms with Crippen LogP contribution in [0, 0.1) is 5.82 Å². The molecule has 1 atom stereocenters. The molecule has 0 bridgehead atoms. The molecular weight excluding hydrogens is 307 g/mol. The molecule has 1 aromatic carbocycles. The number of carbonyl (C=O) groups is 1. The first-order chi connectivity index (χ1) is 10.1. The molecule has 1 unspecified atom stereocenters. The van der Waals surface area contributed by atoms with E-state index >= 15 is 0 Å². The van der Waals surface area contributed by atoms with Crippen molar-refractivity contribution in [2.45, 2.75) is 24.3 Å². The van der Waals surface area contributed by atoms with Crippen molar-refractivity contribution in [1.82, 2.24) is 10.3 Å². The van der Waals surface area contributed by atoms with Gasteiger partial charge < -0.3 is 5.32 Å². The van der Waals surface area contributed by atoms with Gasteiger partial charge in [0, 0.05) is 23.4 Å². The van der Waals surface area contributed by atoms with Gasteiger partial charge >= 0.3 is 0 Å². The topological polar surface area (TPSA) is 42.0 Å². The fourth-order valence-electron chi connectivity index (χ4n) is 1.76. The number of hydrogen-bond acceptors (Lipinski definition) is 4. The van der Waals surface area contributed by atoms with Crippen molar-refractivity contribution in [3.8, 4) is 0 Å². The maximum absolute atomic E-state index is 12.9. The van der Waals surface area contributed by atoms with Crippen LogP contribution in [0.4, 0.5) is 4.39 Å². The lowest BCUT2D eigenvalue weighted by atomic mass is 10.2. The summed E-state index contributed by atoms with van der Waals surface area (Å²) in [6.45, 7) is 2.09. The Morgan fingerprint density at radius 1 is 1.43 bits per heavy atom. The summed E-state index contributed by atoms with van der Waals surface area (Å²) >= 11 is 3.26. The quantitative estimate of drug-likeness (QED) is 0.883. The highest BCUT2D eigenvalue weighted by Crippen LogP contribution is 2.31. The highest BCUT2D eigenvalue weighted by molar-refractivity contribution is 7.98. The molecule has 0 saturated carbocycles. The maximum Gasteiger partial charge on any atom is 0.226 e. The fraction of sp³-hybridized carbons (Fsp3) is 0.333. The van der Waals surface area contributed by atoms with E-state index in [2.05, 4.69) is 17.2 Å². The van der Waals surface area contributed by atoms with Crippen LogP contribution in [0.15, 0.2) is 29.6 Å². The number of amides is 1. The van der Waals surface area contributed by atoms with Gasteiger partial charge in [0.25, 0.3) is 0 Å². The van der Waals surface area contributed by atoms with Crippen LogP contribution < -0.4 is 5.32 Å². The molecule has 1 N–H and O–H groups in total. The Balaban J connectivity index is 1.88. The molecule has 21 heavy (non-hydrogen) atoms. The largest absolute Gasteiger partial charge is 0.359 e. The molecule has 0 aliphatic carbocycles. The number of likely N-dealkylation sites (N-methyl/N-ethyl adjacent to an activating group) is 1. The van der Waals surface area contributed by atoms with E-state index in [-0.39, 0.29) is 17.0 Å². The third kappa shape index (κ3) is 4.82. The van der Waals surface area contributed by atoms with Gasteiger partial charge in [0.05, 0.1) is 12.1 Å². The Hall–Kier alpha value is -1.40. The molecule has 0 aliphatic rings. The van der Waals surface area contributed by atoms with E-state index in [1.54, 1.807) is 18.8 Å². The van der Waals surface area contributed by atoms with Gasteiger partial charge in [-0.25, -0.2) is 9.37 Å². The lowest BCUT2D eigenvalue weighted by Crippen LogP contribution is -2.19. The number of carbonyl (C=O) groups excluding carboxylic acids is 1. The summed E-state index contributed by atoms with van der Waals surface area (Å²) in [4.78, 5) is 15.7. The molecule has 1 amide bonds. The predicted octanol–water partition coefficient (Wildman–Crippen LogP) is 3.57. The van der Waals surface area contributed by atoms with Crippen molar-refractivity contribution in [3.05, 3.63) is 51.7 Å². The summed E-state index contributed by atoms with van der Waals surface area (Å²) in [5.41, 5.74) is 2.08. The van der Waals surface area contributed by atoms with Crippen LogP contribution >= 0.6 is 23.1 Å². The Morgan fingerprint density at radius 2 is 2.14 bits per heavy atom. The van der Waals surface area contributed by atoms with Crippen molar-refractivity contribution in [2.24, 2.45) is 0 Å². The van der Waals surface area contributed by atoms with Gasteiger partial charge in [-0.05, 0) is 24.6 Å². The minimum absolute atomic E-state index is 0.0248. The second kappa shape index (κ2) is 7.56. The molecule has 0 aliphatic heterocycles. The normalized spacial score (nSPS) is 12.1. The zero-order chi connectivity index (χ0) is 15.2. The number of hydrogen-bond donors (Lipinski definition) is 1. The third-order valence-electron chi connectivity index (χ3n) is 3.01. The van der Waals surface area contributed by atoms with Crippen molar-refractivity contribution < 1.29 is 9.18 Å². The van der Waals surface area contributed by atoms with E-state index in [0.29, 0.717) is 6.42 Å². The Kier molecular flexibility index (Phi) is 5.76. The zero-order valence-corrected chi connectivity index (χ0v) is 13.6. The second-order valence-electron chi connectivity index (χ2n) is 4.59.